The van der Waals surface area contributed by atoms with E-state index in [1.54, 1.807) is 43.8 Å². The Balaban J connectivity index is 2.46. The van der Waals surface area contributed by atoms with Gasteiger partial charge in [0.25, 0.3) is 0 Å². The van der Waals surface area contributed by atoms with Crippen LogP contribution < -0.4 is 5.30 Å². The molecule has 2 rings (SSSR count). The molecular formula is C14H16ClN2O3P. The van der Waals surface area contributed by atoms with Gasteiger partial charge in [0, 0.05) is 16.5 Å². The lowest BCUT2D eigenvalue weighted by molar-refractivity contribution is -0.143. The number of hydrogen-bond donors (Lipinski definition) is 0. The largest absolute Gasteiger partial charge is 0.467 e. The second-order valence-corrected chi connectivity index (χ2v) is 8.66. The second kappa shape index (κ2) is 6.04. The number of esters is 1. The van der Waals surface area contributed by atoms with Gasteiger partial charge in [-0.25, -0.2) is 4.79 Å². The molecule has 0 radical (unpaired) electrons. The predicted molar refractivity (Wildman–Crippen MR) is 82.9 cm³/mol. The summed E-state index contributed by atoms with van der Waals surface area (Å²) in [7, 11) is -1.11. The van der Waals surface area contributed by atoms with Crippen molar-refractivity contribution in [3.05, 3.63) is 47.2 Å². The average molecular weight is 327 g/mol. The summed E-state index contributed by atoms with van der Waals surface area (Å²) in [4.78, 5) is 12.1. The average Bonchev–Trinajstić information content (AvgIpc) is 2.90. The van der Waals surface area contributed by atoms with E-state index in [1.165, 1.54) is 18.0 Å². The molecule has 1 unspecified atom stereocenters. The molecule has 21 heavy (non-hydrogen) atoms. The maximum absolute atomic E-state index is 12.1. The van der Waals surface area contributed by atoms with E-state index in [0.717, 1.165) is 0 Å². The number of aromatic nitrogens is 2. The first-order chi connectivity index (χ1) is 9.82. The lowest BCUT2D eigenvalue weighted by Gasteiger charge is -2.15. The van der Waals surface area contributed by atoms with E-state index >= 15 is 0 Å². The molecule has 0 saturated heterocycles. The normalized spacial score (nSPS) is 13.0. The van der Waals surface area contributed by atoms with E-state index in [4.69, 9.17) is 16.3 Å². The number of benzene rings is 1. The molecule has 1 atom stereocenters. The first kappa shape index (κ1) is 15.8. The predicted octanol–water partition coefficient (Wildman–Crippen LogP) is 2.55. The Morgan fingerprint density at radius 2 is 1.95 bits per heavy atom. The van der Waals surface area contributed by atoms with E-state index in [1.807, 2.05) is 0 Å². The van der Waals surface area contributed by atoms with E-state index in [2.05, 4.69) is 5.10 Å². The van der Waals surface area contributed by atoms with Crippen LogP contribution in [0.15, 0.2) is 36.7 Å². The van der Waals surface area contributed by atoms with Crippen LogP contribution in [0.3, 0.4) is 0 Å². The van der Waals surface area contributed by atoms with Gasteiger partial charge in [0.15, 0.2) is 6.04 Å². The van der Waals surface area contributed by atoms with Gasteiger partial charge < -0.3 is 9.30 Å². The van der Waals surface area contributed by atoms with E-state index in [-0.39, 0.29) is 0 Å². The molecule has 2 aromatic rings. The summed E-state index contributed by atoms with van der Waals surface area (Å²) >= 11 is 5.86. The highest BCUT2D eigenvalue weighted by Gasteiger charge is 2.26. The topological polar surface area (TPSA) is 61.2 Å². The van der Waals surface area contributed by atoms with Crippen LogP contribution in [0.25, 0.3) is 0 Å². The lowest BCUT2D eigenvalue weighted by Crippen LogP contribution is -2.22. The molecule has 0 bridgehead atoms. The first-order valence-electron chi connectivity index (χ1n) is 6.26. The Bertz CT molecular complexity index is 690. The van der Waals surface area contributed by atoms with Gasteiger partial charge in [-0.05, 0) is 31.0 Å². The Labute approximate surface area is 128 Å². The molecule has 1 heterocycles. The Morgan fingerprint density at radius 1 is 1.33 bits per heavy atom. The van der Waals surface area contributed by atoms with Crippen molar-refractivity contribution in [3.63, 3.8) is 0 Å². The molecule has 5 nitrogen and oxygen atoms in total. The zero-order valence-corrected chi connectivity index (χ0v) is 13.6. The lowest BCUT2D eigenvalue weighted by atomic mass is 10.1. The summed E-state index contributed by atoms with van der Waals surface area (Å²) in [5.74, 6) is -0.450. The third-order valence-corrected chi connectivity index (χ3v) is 4.81. The van der Waals surface area contributed by atoms with Gasteiger partial charge in [-0.2, -0.15) is 5.10 Å². The molecule has 0 fully saturated rings. The van der Waals surface area contributed by atoms with E-state index in [9.17, 15) is 9.36 Å². The van der Waals surface area contributed by atoms with Crippen molar-refractivity contribution >= 4 is 30.0 Å². The quantitative estimate of drug-likeness (QED) is 0.640. The minimum atomic E-state index is -2.43. The van der Waals surface area contributed by atoms with Gasteiger partial charge in [-0.3, -0.25) is 4.68 Å². The van der Waals surface area contributed by atoms with Crippen molar-refractivity contribution in [2.75, 3.05) is 20.4 Å². The van der Waals surface area contributed by atoms with Crippen LogP contribution in [0, 0.1) is 0 Å². The third-order valence-electron chi connectivity index (χ3n) is 3.08. The monoisotopic (exact) mass is 326 g/mol. The fraction of sp³-hybridized carbons (Fsp3) is 0.286. The highest BCUT2D eigenvalue weighted by Crippen LogP contribution is 2.34. The molecule has 7 heteroatoms. The van der Waals surface area contributed by atoms with Crippen molar-refractivity contribution < 1.29 is 14.1 Å². The van der Waals surface area contributed by atoms with Crippen LogP contribution in [0.4, 0.5) is 0 Å². The molecule has 112 valence electrons. The van der Waals surface area contributed by atoms with Crippen molar-refractivity contribution in [1.29, 1.82) is 0 Å². The molecule has 0 N–H and O–H groups in total. The van der Waals surface area contributed by atoms with Gasteiger partial charge in [-0.1, -0.05) is 23.7 Å². The number of hydrogen-bond acceptors (Lipinski definition) is 4. The fourth-order valence-electron chi connectivity index (χ4n) is 1.90. The van der Waals surface area contributed by atoms with Crippen LogP contribution in [0.5, 0.6) is 0 Å². The van der Waals surface area contributed by atoms with Gasteiger partial charge in [-0.15, -0.1) is 0 Å². The van der Waals surface area contributed by atoms with Gasteiger partial charge in [0.2, 0.25) is 0 Å². The molecule has 1 aromatic carbocycles. The highest BCUT2D eigenvalue weighted by molar-refractivity contribution is 7.70. The van der Waals surface area contributed by atoms with E-state index < -0.39 is 19.2 Å². The van der Waals surface area contributed by atoms with Crippen molar-refractivity contribution in [3.8, 4) is 0 Å². The fourth-order valence-corrected chi connectivity index (χ4v) is 2.75. The van der Waals surface area contributed by atoms with Gasteiger partial charge >= 0.3 is 5.97 Å². The number of halogens is 1. The zero-order chi connectivity index (χ0) is 15.6. The molecule has 0 spiro atoms. The maximum atomic E-state index is 12.1. The van der Waals surface area contributed by atoms with Crippen molar-refractivity contribution in [2.45, 2.75) is 6.04 Å². The zero-order valence-electron chi connectivity index (χ0n) is 12.0. The molecule has 0 amide bonds. The minimum Gasteiger partial charge on any atom is -0.467 e. The number of nitrogens with zero attached hydrogens (tertiary/aromatic N) is 2. The second-order valence-electron chi connectivity index (χ2n) is 5.01. The highest BCUT2D eigenvalue weighted by atomic mass is 35.5. The molecule has 0 aliphatic rings. The van der Waals surface area contributed by atoms with Crippen molar-refractivity contribution in [2.24, 2.45) is 0 Å². The van der Waals surface area contributed by atoms with Gasteiger partial charge in [0.05, 0.1) is 13.3 Å². The van der Waals surface area contributed by atoms with E-state index in [0.29, 0.717) is 15.9 Å². The summed E-state index contributed by atoms with van der Waals surface area (Å²) in [6.45, 7) is 3.31. The number of methoxy groups -OCH3 is 1. The SMILES string of the molecule is COC(=O)C(c1ccc(Cl)cc1)n1cc(P(C)(C)=O)cn1. The number of carbonyl (C=O) groups is 1. The van der Waals surface area contributed by atoms with Crippen LogP contribution in [0.1, 0.15) is 11.6 Å². The van der Waals surface area contributed by atoms with Crippen LogP contribution in [-0.4, -0.2) is 36.2 Å². The number of carbonyl (C=O) groups excluding carboxylic acids is 1. The number of rotatable bonds is 4. The summed E-state index contributed by atoms with van der Waals surface area (Å²) in [5.41, 5.74) is 0.697. The van der Waals surface area contributed by atoms with Gasteiger partial charge in [0.1, 0.15) is 7.14 Å². The summed E-state index contributed by atoms with van der Waals surface area (Å²) in [5, 5.41) is 5.36. The molecular weight excluding hydrogens is 311 g/mol. The molecule has 0 aliphatic heterocycles. The van der Waals surface area contributed by atoms with Crippen LogP contribution in [0.2, 0.25) is 5.02 Å². The minimum absolute atomic E-state index is 0.450. The Morgan fingerprint density at radius 3 is 2.43 bits per heavy atom. The third kappa shape index (κ3) is 3.55. The summed E-state index contributed by atoms with van der Waals surface area (Å²) < 4.78 is 18.4. The molecule has 0 saturated carbocycles. The number of ether oxygens (including phenoxy) is 1. The van der Waals surface area contributed by atoms with Crippen LogP contribution >= 0.6 is 18.7 Å². The molecule has 1 aromatic heterocycles. The Hall–Kier alpha value is -1.58. The standard InChI is InChI=1S/C14H16ClN2O3P/c1-20-14(18)13(10-4-6-11(15)7-5-10)17-9-12(8-16-17)21(2,3)19/h4-9,13H,1-3H3. The van der Waals surface area contributed by atoms with Crippen LogP contribution in [-0.2, 0) is 14.1 Å². The molecule has 0 aliphatic carbocycles. The summed E-state index contributed by atoms with van der Waals surface area (Å²) in [6, 6.07) is 6.14. The maximum Gasteiger partial charge on any atom is 0.335 e. The smallest absolute Gasteiger partial charge is 0.335 e. The van der Waals surface area contributed by atoms with Crippen molar-refractivity contribution in [1.82, 2.24) is 9.78 Å². The first-order valence-corrected chi connectivity index (χ1v) is 9.24. The Kier molecular flexibility index (Phi) is 4.55. The summed E-state index contributed by atoms with van der Waals surface area (Å²) in [6.07, 6.45) is 3.14.